The summed E-state index contributed by atoms with van der Waals surface area (Å²) in [6, 6.07) is 6.26. The van der Waals surface area contributed by atoms with E-state index < -0.39 is 11.8 Å². The van der Waals surface area contributed by atoms with Crippen LogP contribution < -0.4 is 10.2 Å². The minimum atomic E-state index is -0.553. The molecule has 1 heterocycles. The Morgan fingerprint density at radius 1 is 1.17 bits per heavy atom. The van der Waals surface area contributed by atoms with Crippen molar-refractivity contribution in [1.82, 2.24) is 10.2 Å². The van der Waals surface area contributed by atoms with Crippen LogP contribution in [-0.2, 0) is 14.3 Å². The Kier molecular flexibility index (Phi) is 5.98. The van der Waals surface area contributed by atoms with Gasteiger partial charge >= 0.3 is 11.8 Å². The molecule has 0 unspecified atom stereocenters. The number of nitrogens with one attached hydrogen (secondary N) is 1. The highest BCUT2D eigenvalue weighted by molar-refractivity contribution is 6.35. The summed E-state index contributed by atoms with van der Waals surface area (Å²) in [5.74, 6) is -1.01. The fourth-order valence-electron chi connectivity index (χ4n) is 2.71. The lowest BCUT2D eigenvalue weighted by molar-refractivity contribution is -0.146. The molecule has 126 valence electrons. The summed E-state index contributed by atoms with van der Waals surface area (Å²) >= 11 is 0. The van der Waals surface area contributed by atoms with Crippen molar-refractivity contribution in [1.29, 1.82) is 0 Å². The maximum Gasteiger partial charge on any atom is 0.312 e. The van der Waals surface area contributed by atoms with Gasteiger partial charge < -0.3 is 19.9 Å². The van der Waals surface area contributed by atoms with Crippen LogP contribution in [0.25, 0.3) is 0 Å². The average Bonchev–Trinajstić information content (AvgIpc) is 2.57. The topological polar surface area (TPSA) is 61.9 Å². The second-order valence-corrected chi connectivity index (χ2v) is 5.75. The number of hydrogen-bond donors (Lipinski definition) is 1. The van der Waals surface area contributed by atoms with Crippen LogP contribution in [0.1, 0.15) is 11.1 Å². The number of methoxy groups -OCH3 is 1. The molecule has 1 fully saturated rings. The molecule has 0 bridgehead atoms. The molecule has 1 aliphatic rings. The Hall–Kier alpha value is -2.08. The van der Waals surface area contributed by atoms with Crippen LogP contribution in [0.5, 0.6) is 0 Å². The zero-order chi connectivity index (χ0) is 16.8. The zero-order valence-corrected chi connectivity index (χ0v) is 14.1. The van der Waals surface area contributed by atoms with Crippen molar-refractivity contribution in [2.75, 3.05) is 51.3 Å². The molecule has 6 heteroatoms. The first-order chi connectivity index (χ1) is 11.0. The Morgan fingerprint density at radius 3 is 2.52 bits per heavy atom. The Balaban J connectivity index is 1.89. The van der Waals surface area contributed by atoms with E-state index in [1.807, 2.05) is 0 Å². The summed E-state index contributed by atoms with van der Waals surface area (Å²) < 4.78 is 4.86. The van der Waals surface area contributed by atoms with E-state index >= 15 is 0 Å². The largest absolute Gasteiger partial charge is 0.383 e. The molecule has 0 radical (unpaired) electrons. The lowest BCUT2D eigenvalue weighted by Crippen LogP contribution is -2.53. The first kappa shape index (κ1) is 17.3. The first-order valence-corrected chi connectivity index (χ1v) is 7.91. The molecule has 0 aliphatic carbocycles. The van der Waals surface area contributed by atoms with Gasteiger partial charge in [0.15, 0.2) is 0 Å². The molecule has 0 aromatic heterocycles. The van der Waals surface area contributed by atoms with E-state index in [0.29, 0.717) is 26.2 Å². The van der Waals surface area contributed by atoms with Gasteiger partial charge in [0.25, 0.3) is 0 Å². The Labute approximate surface area is 137 Å². The van der Waals surface area contributed by atoms with Crippen molar-refractivity contribution < 1.29 is 14.3 Å². The van der Waals surface area contributed by atoms with Gasteiger partial charge in [-0.05, 0) is 31.0 Å². The number of benzene rings is 1. The van der Waals surface area contributed by atoms with Crippen molar-refractivity contribution in [2.45, 2.75) is 13.8 Å². The van der Waals surface area contributed by atoms with Crippen LogP contribution in [0.15, 0.2) is 18.2 Å². The quantitative estimate of drug-likeness (QED) is 0.656. The summed E-state index contributed by atoms with van der Waals surface area (Å²) in [6.45, 7) is 7.56. The number of carbonyl (C=O) groups is 2. The highest BCUT2D eigenvalue weighted by Crippen LogP contribution is 2.23. The van der Waals surface area contributed by atoms with Crippen LogP contribution in [0.4, 0.5) is 5.69 Å². The molecular formula is C17H25N3O3. The van der Waals surface area contributed by atoms with Gasteiger partial charge in [0, 0.05) is 45.5 Å². The molecule has 2 rings (SSSR count). The fraction of sp³-hybridized carbons (Fsp3) is 0.529. The van der Waals surface area contributed by atoms with Crippen molar-refractivity contribution in [3.05, 3.63) is 29.3 Å². The summed E-state index contributed by atoms with van der Waals surface area (Å²) in [5.41, 5.74) is 3.74. The van der Waals surface area contributed by atoms with E-state index in [-0.39, 0.29) is 0 Å². The number of carbonyl (C=O) groups excluding carboxylic acids is 2. The lowest BCUT2D eigenvalue weighted by Gasteiger charge is -2.36. The molecule has 1 aliphatic heterocycles. The van der Waals surface area contributed by atoms with Crippen LogP contribution in [0.3, 0.4) is 0 Å². The highest BCUT2D eigenvalue weighted by atomic mass is 16.5. The lowest BCUT2D eigenvalue weighted by atomic mass is 10.1. The maximum atomic E-state index is 12.1. The van der Waals surface area contributed by atoms with E-state index in [9.17, 15) is 9.59 Å². The van der Waals surface area contributed by atoms with E-state index in [1.54, 1.807) is 12.0 Å². The van der Waals surface area contributed by atoms with Crippen LogP contribution >= 0.6 is 0 Å². The van der Waals surface area contributed by atoms with E-state index in [0.717, 1.165) is 13.1 Å². The molecule has 0 atom stereocenters. The average molecular weight is 319 g/mol. The number of ether oxygens (including phenoxy) is 1. The van der Waals surface area contributed by atoms with Crippen molar-refractivity contribution in [3.8, 4) is 0 Å². The molecule has 1 N–H and O–H groups in total. The van der Waals surface area contributed by atoms with Gasteiger partial charge in [0.2, 0.25) is 0 Å². The van der Waals surface area contributed by atoms with Crippen molar-refractivity contribution in [3.63, 3.8) is 0 Å². The molecule has 0 spiro atoms. The summed E-state index contributed by atoms with van der Waals surface area (Å²) in [5, 5.41) is 2.57. The number of aryl methyl sites for hydroxylation is 1. The first-order valence-electron chi connectivity index (χ1n) is 7.91. The molecule has 1 saturated heterocycles. The van der Waals surface area contributed by atoms with Gasteiger partial charge in [-0.2, -0.15) is 0 Å². The summed E-state index contributed by atoms with van der Waals surface area (Å²) in [6.07, 6.45) is 0. The molecule has 1 aromatic rings. The molecule has 6 nitrogen and oxygen atoms in total. The molecular weight excluding hydrogens is 294 g/mol. The van der Waals surface area contributed by atoms with Crippen LogP contribution in [0, 0.1) is 13.8 Å². The molecule has 2 amide bonds. The molecule has 1 aromatic carbocycles. The predicted octanol–water partition coefficient (Wildman–Crippen LogP) is 0.715. The van der Waals surface area contributed by atoms with Gasteiger partial charge in [0.1, 0.15) is 0 Å². The van der Waals surface area contributed by atoms with Gasteiger partial charge in [0.05, 0.1) is 6.61 Å². The molecule has 23 heavy (non-hydrogen) atoms. The van der Waals surface area contributed by atoms with Crippen molar-refractivity contribution >= 4 is 17.5 Å². The van der Waals surface area contributed by atoms with E-state index in [1.165, 1.54) is 16.8 Å². The van der Waals surface area contributed by atoms with Crippen LogP contribution in [-0.4, -0.2) is 63.2 Å². The van der Waals surface area contributed by atoms with Crippen molar-refractivity contribution in [2.24, 2.45) is 0 Å². The number of piperazine rings is 1. The Bertz CT molecular complexity index is 566. The third-order valence-electron chi connectivity index (χ3n) is 4.27. The summed E-state index contributed by atoms with van der Waals surface area (Å²) in [4.78, 5) is 27.8. The normalized spacial score (nSPS) is 14.7. The van der Waals surface area contributed by atoms with E-state index in [2.05, 4.69) is 42.3 Å². The van der Waals surface area contributed by atoms with Gasteiger partial charge in [-0.1, -0.05) is 12.1 Å². The maximum absolute atomic E-state index is 12.1. The highest BCUT2D eigenvalue weighted by Gasteiger charge is 2.26. The monoisotopic (exact) mass is 319 g/mol. The minimum absolute atomic E-state index is 0.351. The number of anilines is 1. The molecule has 0 saturated carbocycles. The SMILES string of the molecule is COCCNC(=O)C(=O)N1CCN(c2cccc(C)c2C)CC1. The minimum Gasteiger partial charge on any atom is -0.383 e. The van der Waals surface area contributed by atoms with Crippen LogP contribution in [0.2, 0.25) is 0 Å². The Morgan fingerprint density at radius 2 is 1.87 bits per heavy atom. The van der Waals surface area contributed by atoms with Gasteiger partial charge in [-0.3, -0.25) is 9.59 Å². The smallest absolute Gasteiger partial charge is 0.312 e. The number of nitrogens with zero attached hydrogens (tertiary/aromatic N) is 2. The third-order valence-corrected chi connectivity index (χ3v) is 4.27. The van der Waals surface area contributed by atoms with Gasteiger partial charge in [-0.15, -0.1) is 0 Å². The second-order valence-electron chi connectivity index (χ2n) is 5.75. The zero-order valence-electron chi connectivity index (χ0n) is 14.1. The third kappa shape index (κ3) is 4.22. The standard InChI is InChI=1S/C17H25N3O3/c1-13-5-4-6-15(14(13)2)19-8-10-20(11-9-19)17(22)16(21)18-7-12-23-3/h4-6H,7-12H2,1-3H3,(H,18,21). The fourth-order valence-corrected chi connectivity index (χ4v) is 2.71. The van der Waals surface area contributed by atoms with Gasteiger partial charge in [-0.25, -0.2) is 0 Å². The number of amides is 2. The van der Waals surface area contributed by atoms with E-state index in [4.69, 9.17) is 4.74 Å². The number of hydrogen-bond acceptors (Lipinski definition) is 4. The number of rotatable bonds is 4. The predicted molar refractivity (Wildman–Crippen MR) is 89.6 cm³/mol. The second kappa shape index (κ2) is 7.97. The summed E-state index contributed by atoms with van der Waals surface area (Å²) in [7, 11) is 1.56.